The van der Waals surface area contributed by atoms with Gasteiger partial charge in [-0.05, 0) is 30.3 Å². The van der Waals surface area contributed by atoms with Crippen molar-refractivity contribution >= 4 is 5.91 Å². The molecule has 0 aliphatic heterocycles. The van der Waals surface area contributed by atoms with E-state index in [4.69, 9.17) is 4.74 Å². The van der Waals surface area contributed by atoms with E-state index in [2.05, 4.69) is 15.3 Å². The van der Waals surface area contributed by atoms with Crippen molar-refractivity contribution in [3.8, 4) is 17.3 Å². The molecule has 7 heteroatoms. The zero-order valence-electron chi connectivity index (χ0n) is 13.6. The zero-order chi connectivity index (χ0) is 17.6. The van der Waals surface area contributed by atoms with Crippen molar-refractivity contribution in [3.05, 3.63) is 66.4 Å². The summed E-state index contributed by atoms with van der Waals surface area (Å²) in [5, 5.41) is 2.77. The lowest BCUT2D eigenvalue weighted by Crippen LogP contribution is -2.27. The number of rotatable bonds is 6. The number of hydrogen-bond donors (Lipinski definition) is 1. The number of benzene rings is 1. The summed E-state index contributed by atoms with van der Waals surface area (Å²) < 4.78 is 20.4. The molecule has 0 aliphatic carbocycles. The average Bonchev–Trinajstić information content (AvgIpc) is 3.11. The van der Waals surface area contributed by atoms with Crippen molar-refractivity contribution < 1.29 is 13.9 Å². The van der Waals surface area contributed by atoms with E-state index in [0.29, 0.717) is 13.1 Å². The van der Waals surface area contributed by atoms with E-state index < -0.39 is 5.82 Å². The van der Waals surface area contributed by atoms with E-state index in [-0.39, 0.29) is 17.2 Å². The van der Waals surface area contributed by atoms with E-state index in [0.717, 1.165) is 17.6 Å². The van der Waals surface area contributed by atoms with Crippen LogP contribution in [0, 0.1) is 5.82 Å². The Balaban J connectivity index is 1.61. The number of nitrogens with zero attached hydrogens (tertiary/aromatic N) is 3. The zero-order valence-corrected chi connectivity index (χ0v) is 13.6. The Morgan fingerprint density at radius 2 is 2.12 bits per heavy atom. The van der Waals surface area contributed by atoms with Crippen molar-refractivity contribution in [2.75, 3.05) is 13.7 Å². The Kier molecular flexibility index (Phi) is 5.03. The third kappa shape index (κ3) is 3.82. The molecule has 1 amide bonds. The van der Waals surface area contributed by atoms with Gasteiger partial charge >= 0.3 is 0 Å². The molecule has 0 unspecified atom stereocenters. The normalized spacial score (nSPS) is 10.5. The monoisotopic (exact) mass is 340 g/mol. The number of halogens is 1. The fourth-order valence-electron chi connectivity index (χ4n) is 2.42. The second-order valence-corrected chi connectivity index (χ2v) is 5.26. The molecule has 128 valence electrons. The van der Waals surface area contributed by atoms with Crippen LogP contribution in [0.2, 0.25) is 0 Å². The number of carbonyl (C=O) groups is 1. The standard InChI is InChI=1S/C18H17FN4O2/c1-25-16-6-5-13(12-14(16)19)18(24)22-9-11-23-10-8-21-17(23)15-4-2-3-7-20-15/h2-8,10,12H,9,11H2,1H3,(H,22,24). The van der Waals surface area contributed by atoms with Crippen LogP contribution in [0.15, 0.2) is 55.0 Å². The van der Waals surface area contributed by atoms with Gasteiger partial charge in [0.15, 0.2) is 17.4 Å². The predicted octanol–water partition coefficient (Wildman–Crippen LogP) is 2.52. The van der Waals surface area contributed by atoms with E-state index in [1.54, 1.807) is 12.4 Å². The highest BCUT2D eigenvalue weighted by Crippen LogP contribution is 2.17. The summed E-state index contributed by atoms with van der Waals surface area (Å²) in [6, 6.07) is 9.71. The third-order valence-corrected chi connectivity index (χ3v) is 3.66. The summed E-state index contributed by atoms with van der Waals surface area (Å²) in [5.74, 6) is -0.0800. The Labute approximate surface area is 144 Å². The lowest BCUT2D eigenvalue weighted by Gasteiger charge is -2.09. The van der Waals surface area contributed by atoms with Crippen LogP contribution in [0.3, 0.4) is 0 Å². The van der Waals surface area contributed by atoms with Gasteiger partial charge in [0.05, 0.1) is 7.11 Å². The van der Waals surface area contributed by atoms with E-state index in [9.17, 15) is 9.18 Å². The molecule has 0 saturated heterocycles. The minimum atomic E-state index is -0.567. The van der Waals surface area contributed by atoms with Crippen molar-refractivity contribution in [2.45, 2.75) is 6.54 Å². The van der Waals surface area contributed by atoms with E-state index >= 15 is 0 Å². The molecule has 1 N–H and O–H groups in total. The molecule has 2 heterocycles. The number of nitrogens with one attached hydrogen (secondary N) is 1. The molecule has 3 rings (SSSR count). The maximum absolute atomic E-state index is 13.7. The quantitative estimate of drug-likeness (QED) is 0.749. The fraction of sp³-hybridized carbons (Fsp3) is 0.167. The molecule has 6 nitrogen and oxygen atoms in total. The van der Waals surface area contributed by atoms with Crippen LogP contribution >= 0.6 is 0 Å². The van der Waals surface area contributed by atoms with Gasteiger partial charge in [-0.25, -0.2) is 9.37 Å². The van der Waals surface area contributed by atoms with E-state index in [1.165, 1.54) is 19.2 Å². The summed E-state index contributed by atoms with van der Waals surface area (Å²) in [7, 11) is 1.38. The third-order valence-electron chi connectivity index (χ3n) is 3.66. The summed E-state index contributed by atoms with van der Waals surface area (Å²) in [6.07, 6.45) is 5.21. The van der Waals surface area contributed by atoms with Crippen LogP contribution in [0.1, 0.15) is 10.4 Å². The van der Waals surface area contributed by atoms with Crippen LogP contribution in [-0.4, -0.2) is 34.1 Å². The Morgan fingerprint density at radius 3 is 2.84 bits per heavy atom. The number of carbonyl (C=O) groups excluding carboxylic acids is 1. The van der Waals surface area contributed by atoms with Crippen LogP contribution in [0.5, 0.6) is 5.75 Å². The second kappa shape index (κ2) is 7.57. The Hall–Kier alpha value is -3.22. The van der Waals surface area contributed by atoms with Gasteiger partial charge in [0, 0.05) is 37.2 Å². The number of hydrogen-bond acceptors (Lipinski definition) is 4. The number of aromatic nitrogens is 3. The predicted molar refractivity (Wildman–Crippen MR) is 90.7 cm³/mol. The first-order valence-corrected chi connectivity index (χ1v) is 7.73. The van der Waals surface area contributed by atoms with Crippen molar-refractivity contribution in [1.82, 2.24) is 19.9 Å². The second-order valence-electron chi connectivity index (χ2n) is 5.26. The van der Waals surface area contributed by atoms with Crippen LogP contribution in [-0.2, 0) is 6.54 Å². The molecule has 1 aromatic carbocycles. The number of pyridine rings is 1. The first-order chi connectivity index (χ1) is 12.2. The van der Waals surface area contributed by atoms with Crippen molar-refractivity contribution in [1.29, 1.82) is 0 Å². The van der Waals surface area contributed by atoms with Gasteiger partial charge in [-0.2, -0.15) is 0 Å². The number of ether oxygens (including phenoxy) is 1. The fourth-order valence-corrected chi connectivity index (χ4v) is 2.42. The van der Waals surface area contributed by atoms with Crippen LogP contribution in [0.4, 0.5) is 4.39 Å². The minimum Gasteiger partial charge on any atom is -0.494 e. The largest absolute Gasteiger partial charge is 0.494 e. The van der Waals surface area contributed by atoms with Gasteiger partial charge in [0.25, 0.3) is 5.91 Å². The van der Waals surface area contributed by atoms with Gasteiger partial charge in [-0.3, -0.25) is 9.78 Å². The summed E-state index contributed by atoms with van der Waals surface area (Å²) in [5.41, 5.74) is 1.00. The maximum atomic E-state index is 13.7. The SMILES string of the molecule is COc1ccc(C(=O)NCCn2ccnc2-c2ccccn2)cc1F. The molecule has 25 heavy (non-hydrogen) atoms. The molecule has 0 spiro atoms. The van der Waals surface area contributed by atoms with Gasteiger partial charge < -0.3 is 14.6 Å². The van der Waals surface area contributed by atoms with Crippen molar-refractivity contribution in [2.24, 2.45) is 0 Å². The highest BCUT2D eigenvalue weighted by atomic mass is 19.1. The highest BCUT2D eigenvalue weighted by Gasteiger charge is 2.11. The first-order valence-electron chi connectivity index (χ1n) is 7.73. The Bertz CT molecular complexity index is 865. The molecule has 0 bridgehead atoms. The number of amides is 1. The van der Waals surface area contributed by atoms with Crippen LogP contribution < -0.4 is 10.1 Å². The molecule has 0 radical (unpaired) electrons. The topological polar surface area (TPSA) is 69.0 Å². The molecule has 0 fully saturated rings. The Morgan fingerprint density at radius 1 is 1.24 bits per heavy atom. The van der Waals surface area contributed by atoms with E-state index in [1.807, 2.05) is 29.0 Å². The molecule has 3 aromatic rings. The smallest absolute Gasteiger partial charge is 0.251 e. The molecular formula is C18H17FN4O2. The first kappa shape index (κ1) is 16.6. The van der Waals surface area contributed by atoms with Crippen molar-refractivity contribution in [3.63, 3.8) is 0 Å². The average molecular weight is 340 g/mol. The van der Waals surface area contributed by atoms with Gasteiger partial charge in [-0.15, -0.1) is 0 Å². The minimum absolute atomic E-state index is 0.106. The summed E-state index contributed by atoms with van der Waals surface area (Å²) >= 11 is 0. The molecule has 0 atom stereocenters. The molecule has 0 saturated carbocycles. The molecule has 2 aromatic heterocycles. The highest BCUT2D eigenvalue weighted by molar-refractivity contribution is 5.94. The molecular weight excluding hydrogens is 323 g/mol. The number of imidazole rings is 1. The van der Waals surface area contributed by atoms with Gasteiger partial charge in [0.1, 0.15) is 5.69 Å². The summed E-state index contributed by atoms with van der Waals surface area (Å²) in [4.78, 5) is 20.7. The van der Waals surface area contributed by atoms with Crippen LogP contribution in [0.25, 0.3) is 11.5 Å². The lowest BCUT2D eigenvalue weighted by molar-refractivity contribution is 0.0952. The maximum Gasteiger partial charge on any atom is 0.251 e. The molecule has 0 aliphatic rings. The van der Waals surface area contributed by atoms with Gasteiger partial charge in [0.2, 0.25) is 0 Å². The number of methoxy groups -OCH3 is 1. The lowest BCUT2D eigenvalue weighted by atomic mass is 10.2. The summed E-state index contributed by atoms with van der Waals surface area (Å²) in [6.45, 7) is 0.902. The van der Waals surface area contributed by atoms with Gasteiger partial charge in [-0.1, -0.05) is 6.07 Å².